The van der Waals surface area contributed by atoms with Crippen molar-refractivity contribution in [1.29, 1.82) is 0 Å². The molecule has 0 saturated carbocycles. The third-order valence-electron chi connectivity index (χ3n) is 2.96. The second kappa shape index (κ2) is 6.65. The molecule has 0 bridgehead atoms. The Bertz CT molecular complexity index is 467. The Kier molecular flexibility index (Phi) is 5.78. The van der Waals surface area contributed by atoms with Crippen LogP contribution in [0, 0.1) is 0 Å². The zero-order valence-electron chi connectivity index (χ0n) is 11.1. The first kappa shape index (κ1) is 15.6. The van der Waals surface area contributed by atoms with E-state index in [-0.39, 0.29) is 12.6 Å². The molecule has 1 rings (SSSR count). The van der Waals surface area contributed by atoms with E-state index in [2.05, 4.69) is 0 Å². The highest BCUT2D eigenvalue weighted by molar-refractivity contribution is 7.91. The first-order valence-electron chi connectivity index (χ1n) is 6.11. The zero-order chi connectivity index (χ0) is 13.8. The van der Waals surface area contributed by atoms with Crippen LogP contribution < -0.4 is 0 Å². The molecule has 0 aliphatic carbocycles. The summed E-state index contributed by atoms with van der Waals surface area (Å²) in [6.07, 6.45) is 2.32. The smallest absolute Gasteiger partial charge is 0.252 e. The summed E-state index contributed by atoms with van der Waals surface area (Å²) in [6, 6.07) is 3.40. The van der Waals surface area contributed by atoms with Crippen LogP contribution >= 0.6 is 11.3 Å². The highest BCUT2D eigenvalue weighted by atomic mass is 32.2. The van der Waals surface area contributed by atoms with Gasteiger partial charge in [-0.3, -0.25) is 0 Å². The Morgan fingerprint density at radius 2 is 2.11 bits per heavy atom. The molecule has 0 aliphatic rings. The van der Waals surface area contributed by atoms with Crippen molar-refractivity contribution in [1.82, 2.24) is 4.31 Å². The lowest BCUT2D eigenvalue weighted by Gasteiger charge is -2.23. The van der Waals surface area contributed by atoms with Crippen molar-refractivity contribution in [2.75, 3.05) is 13.7 Å². The van der Waals surface area contributed by atoms with Gasteiger partial charge in [-0.2, -0.15) is 4.31 Å². The maximum absolute atomic E-state index is 12.3. The number of thiophene rings is 1. The van der Waals surface area contributed by atoms with Crippen LogP contribution in [0.5, 0.6) is 0 Å². The number of rotatable bonds is 7. The van der Waals surface area contributed by atoms with Crippen LogP contribution in [-0.4, -0.2) is 37.5 Å². The number of sulfonamides is 1. The summed E-state index contributed by atoms with van der Waals surface area (Å²) < 4.78 is 26.5. The molecule has 1 N–H and O–H groups in total. The van der Waals surface area contributed by atoms with Gasteiger partial charge in [0.25, 0.3) is 10.0 Å². The summed E-state index contributed by atoms with van der Waals surface area (Å²) in [7, 11) is -1.76. The quantitative estimate of drug-likeness (QED) is 0.837. The molecule has 0 amide bonds. The van der Waals surface area contributed by atoms with Gasteiger partial charge in [-0.25, -0.2) is 8.42 Å². The minimum Gasteiger partial charge on any atom is -0.396 e. The Morgan fingerprint density at radius 3 is 2.67 bits per heavy atom. The van der Waals surface area contributed by atoms with Crippen molar-refractivity contribution in [3.8, 4) is 0 Å². The maximum Gasteiger partial charge on any atom is 0.252 e. The van der Waals surface area contributed by atoms with Gasteiger partial charge in [-0.1, -0.05) is 13.3 Å². The van der Waals surface area contributed by atoms with Crippen molar-refractivity contribution in [2.24, 2.45) is 0 Å². The molecule has 0 fully saturated rings. The van der Waals surface area contributed by atoms with Crippen molar-refractivity contribution in [3.05, 3.63) is 17.0 Å². The summed E-state index contributed by atoms with van der Waals surface area (Å²) in [5, 5.41) is 8.85. The highest BCUT2D eigenvalue weighted by Crippen LogP contribution is 2.26. The molecule has 6 heteroatoms. The first-order chi connectivity index (χ1) is 8.43. The Morgan fingerprint density at radius 1 is 1.44 bits per heavy atom. The fourth-order valence-electron chi connectivity index (χ4n) is 1.72. The van der Waals surface area contributed by atoms with Gasteiger partial charge < -0.3 is 5.11 Å². The summed E-state index contributed by atoms with van der Waals surface area (Å²) in [6.45, 7) is 4.01. The molecule has 1 unspecified atom stereocenters. The largest absolute Gasteiger partial charge is 0.396 e. The molecule has 104 valence electrons. The minimum atomic E-state index is -3.39. The third kappa shape index (κ3) is 3.54. The predicted octanol–water partition coefficient (Wildman–Crippen LogP) is 2.09. The minimum absolute atomic E-state index is 0.00314. The summed E-state index contributed by atoms with van der Waals surface area (Å²) in [5.41, 5.74) is 0. The number of nitrogens with zero attached hydrogens (tertiary/aromatic N) is 1. The van der Waals surface area contributed by atoms with E-state index in [1.165, 1.54) is 15.6 Å². The van der Waals surface area contributed by atoms with Crippen LogP contribution in [0.1, 0.15) is 31.6 Å². The fourth-order valence-corrected chi connectivity index (χ4v) is 4.64. The SMILES string of the molecule is CCCC(C)N(C)S(=O)(=O)c1ccc(CCO)s1. The van der Waals surface area contributed by atoms with E-state index >= 15 is 0 Å². The van der Waals surface area contributed by atoms with Gasteiger partial charge in [-0.05, 0) is 25.5 Å². The van der Waals surface area contributed by atoms with E-state index in [9.17, 15) is 8.42 Å². The second-order valence-electron chi connectivity index (χ2n) is 4.35. The van der Waals surface area contributed by atoms with Crippen LogP contribution in [0.4, 0.5) is 0 Å². The van der Waals surface area contributed by atoms with Crippen molar-refractivity contribution >= 4 is 21.4 Å². The number of aliphatic hydroxyl groups excluding tert-OH is 1. The second-order valence-corrected chi connectivity index (χ2v) is 7.75. The van der Waals surface area contributed by atoms with Gasteiger partial charge in [-0.15, -0.1) is 11.3 Å². The highest BCUT2D eigenvalue weighted by Gasteiger charge is 2.26. The average molecular weight is 291 g/mol. The predicted molar refractivity (Wildman–Crippen MR) is 74.4 cm³/mol. The Balaban J connectivity index is 2.90. The molecule has 1 atom stereocenters. The van der Waals surface area contributed by atoms with Gasteiger partial charge in [0.2, 0.25) is 0 Å². The van der Waals surface area contributed by atoms with E-state index in [1.807, 2.05) is 13.8 Å². The molecule has 0 spiro atoms. The van der Waals surface area contributed by atoms with E-state index < -0.39 is 10.0 Å². The van der Waals surface area contributed by atoms with Crippen LogP contribution in [0.2, 0.25) is 0 Å². The van der Waals surface area contributed by atoms with Crippen molar-refractivity contribution in [2.45, 2.75) is 43.4 Å². The topological polar surface area (TPSA) is 57.6 Å². The van der Waals surface area contributed by atoms with E-state index in [0.717, 1.165) is 17.7 Å². The lowest BCUT2D eigenvalue weighted by atomic mass is 10.2. The van der Waals surface area contributed by atoms with Gasteiger partial charge in [0.05, 0.1) is 0 Å². The third-order valence-corrected chi connectivity index (χ3v) is 6.54. The van der Waals surface area contributed by atoms with Gasteiger partial charge >= 0.3 is 0 Å². The molecule has 1 aromatic heterocycles. The lowest BCUT2D eigenvalue weighted by molar-refractivity contribution is 0.300. The number of hydrogen-bond acceptors (Lipinski definition) is 4. The molecule has 1 heterocycles. The molecule has 1 aromatic rings. The van der Waals surface area contributed by atoms with E-state index in [1.54, 1.807) is 19.2 Å². The number of hydrogen-bond donors (Lipinski definition) is 1. The zero-order valence-corrected chi connectivity index (χ0v) is 12.7. The Labute approximate surface area is 113 Å². The van der Waals surface area contributed by atoms with E-state index in [4.69, 9.17) is 5.11 Å². The molecule has 0 radical (unpaired) electrons. The fraction of sp³-hybridized carbons (Fsp3) is 0.667. The molecular weight excluding hydrogens is 270 g/mol. The van der Waals surface area contributed by atoms with Crippen molar-refractivity contribution in [3.63, 3.8) is 0 Å². The van der Waals surface area contributed by atoms with Crippen LogP contribution in [-0.2, 0) is 16.4 Å². The lowest BCUT2D eigenvalue weighted by Crippen LogP contribution is -2.34. The Hall–Kier alpha value is -0.430. The molecule has 0 aromatic carbocycles. The first-order valence-corrected chi connectivity index (χ1v) is 8.36. The standard InChI is InChI=1S/C12H21NO3S2/c1-4-5-10(2)13(3)18(15,16)12-7-6-11(17-12)8-9-14/h6-7,10,14H,4-5,8-9H2,1-3H3. The normalized spacial score (nSPS) is 14.1. The monoisotopic (exact) mass is 291 g/mol. The number of aliphatic hydroxyl groups is 1. The molecule has 18 heavy (non-hydrogen) atoms. The summed E-state index contributed by atoms with van der Waals surface area (Å²) in [5.74, 6) is 0. The van der Waals surface area contributed by atoms with Crippen LogP contribution in [0.15, 0.2) is 16.3 Å². The molecule has 0 saturated heterocycles. The summed E-state index contributed by atoms with van der Waals surface area (Å²) in [4.78, 5) is 0.896. The van der Waals surface area contributed by atoms with E-state index in [0.29, 0.717) is 10.6 Å². The van der Waals surface area contributed by atoms with Gasteiger partial charge in [0.1, 0.15) is 4.21 Å². The maximum atomic E-state index is 12.3. The summed E-state index contributed by atoms with van der Waals surface area (Å²) >= 11 is 1.24. The van der Waals surface area contributed by atoms with Crippen LogP contribution in [0.25, 0.3) is 0 Å². The molecular formula is C12H21NO3S2. The van der Waals surface area contributed by atoms with Crippen molar-refractivity contribution < 1.29 is 13.5 Å². The van der Waals surface area contributed by atoms with Gasteiger partial charge in [0, 0.05) is 31.0 Å². The molecule has 0 aliphatic heterocycles. The average Bonchev–Trinajstić information content (AvgIpc) is 2.78. The molecule has 4 nitrogen and oxygen atoms in total. The van der Waals surface area contributed by atoms with Crippen LogP contribution in [0.3, 0.4) is 0 Å². The van der Waals surface area contributed by atoms with Gasteiger partial charge in [0.15, 0.2) is 0 Å².